The highest BCUT2D eigenvalue weighted by atomic mass is 127. The zero-order valence-electron chi connectivity index (χ0n) is 16.4. The van der Waals surface area contributed by atoms with E-state index in [9.17, 15) is 0 Å². The van der Waals surface area contributed by atoms with Crippen molar-refractivity contribution >= 4 is 35.6 Å². The number of hydrogen-bond donors (Lipinski definition) is 2. The van der Waals surface area contributed by atoms with Crippen LogP contribution in [0, 0.1) is 0 Å². The smallest absolute Gasteiger partial charge is 0.193 e. The number of guanidine groups is 1. The fourth-order valence-corrected chi connectivity index (χ4v) is 2.75. The molecule has 3 rings (SSSR count). The zero-order chi connectivity index (χ0) is 19.6. The van der Waals surface area contributed by atoms with Crippen molar-refractivity contribution in [1.29, 1.82) is 0 Å². The summed E-state index contributed by atoms with van der Waals surface area (Å²) in [5.41, 5.74) is 10.1. The zero-order valence-corrected chi connectivity index (χ0v) is 18.7. The van der Waals surface area contributed by atoms with Crippen molar-refractivity contribution in [1.82, 2.24) is 0 Å². The second-order valence-electron chi connectivity index (χ2n) is 6.34. The van der Waals surface area contributed by atoms with Crippen LogP contribution >= 0.6 is 24.0 Å². The van der Waals surface area contributed by atoms with Crippen LogP contribution in [-0.2, 0) is 24.5 Å². The van der Waals surface area contributed by atoms with Gasteiger partial charge in [0, 0.05) is 18.4 Å². The lowest BCUT2D eigenvalue weighted by atomic mass is 10.2. The summed E-state index contributed by atoms with van der Waals surface area (Å²) in [7, 11) is 1.67. The van der Waals surface area contributed by atoms with Crippen LogP contribution in [0.4, 0.5) is 5.69 Å². The lowest BCUT2D eigenvalue weighted by molar-refractivity contribution is 0.185. The molecule has 0 atom stereocenters. The Labute approximate surface area is 189 Å². The topological polar surface area (TPSA) is 68.9 Å². The minimum Gasteiger partial charge on any atom is -0.489 e. The van der Waals surface area contributed by atoms with Gasteiger partial charge in [0.1, 0.15) is 12.4 Å². The van der Waals surface area contributed by atoms with Crippen molar-refractivity contribution in [2.24, 2.45) is 10.7 Å². The van der Waals surface area contributed by atoms with Crippen LogP contribution in [0.3, 0.4) is 0 Å². The van der Waals surface area contributed by atoms with Gasteiger partial charge in [-0.3, -0.25) is 0 Å². The van der Waals surface area contributed by atoms with Crippen LogP contribution in [0.5, 0.6) is 5.75 Å². The Balaban J connectivity index is 0.00000300. The summed E-state index contributed by atoms with van der Waals surface area (Å²) in [6.07, 6.45) is 0. The molecule has 0 aliphatic rings. The van der Waals surface area contributed by atoms with Gasteiger partial charge in [-0.15, -0.1) is 24.0 Å². The first-order chi connectivity index (χ1) is 13.7. The third-order valence-corrected chi connectivity index (χ3v) is 4.16. The molecular weight excluding hydrogens is 477 g/mol. The summed E-state index contributed by atoms with van der Waals surface area (Å²) < 4.78 is 11.1. The number of anilines is 1. The molecule has 3 aromatic carbocycles. The Morgan fingerprint density at radius 3 is 2.41 bits per heavy atom. The van der Waals surface area contributed by atoms with E-state index in [2.05, 4.69) is 10.3 Å². The van der Waals surface area contributed by atoms with Gasteiger partial charge < -0.3 is 20.5 Å². The average molecular weight is 503 g/mol. The molecule has 0 heterocycles. The number of rotatable bonds is 8. The number of nitrogens with one attached hydrogen (secondary N) is 1. The van der Waals surface area contributed by atoms with Crippen LogP contribution in [0.1, 0.15) is 16.7 Å². The molecule has 0 saturated heterocycles. The molecule has 152 valence electrons. The standard InChI is InChI=1S/C23H25N3O2.HI/c1-27-17-20-11-5-6-13-22(20)26-23(24)25-15-19-10-7-12-21(14-19)28-16-18-8-3-2-4-9-18;/h2-14H,15-17H2,1H3,(H3,24,25,26);1H. The fraction of sp³-hybridized carbons (Fsp3) is 0.174. The average Bonchev–Trinajstić information content (AvgIpc) is 2.73. The lowest BCUT2D eigenvalue weighted by Gasteiger charge is -2.11. The third-order valence-electron chi connectivity index (χ3n) is 4.16. The maximum atomic E-state index is 6.06. The summed E-state index contributed by atoms with van der Waals surface area (Å²) in [6.45, 7) is 1.51. The molecule has 0 fully saturated rings. The van der Waals surface area contributed by atoms with Crippen molar-refractivity contribution in [3.63, 3.8) is 0 Å². The van der Waals surface area contributed by atoms with E-state index in [1.165, 1.54) is 0 Å². The summed E-state index contributed by atoms with van der Waals surface area (Å²) >= 11 is 0. The normalized spacial score (nSPS) is 10.9. The molecule has 0 saturated carbocycles. The number of nitrogens with two attached hydrogens (primary N) is 1. The van der Waals surface area contributed by atoms with Gasteiger partial charge >= 0.3 is 0 Å². The van der Waals surface area contributed by atoms with Crippen molar-refractivity contribution in [2.75, 3.05) is 12.4 Å². The Hall–Kier alpha value is -2.58. The first kappa shape index (κ1) is 22.7. The molecule has 0 amide bonds. The number of ether oxygens (including phenoxy) is 2. The molecule has 0 aliphatic heterocycles. The van der Waals surface area contributed by atoms with E-state index in [-0.39, 0.29) is 24.0 Å². The fourth-order valence-electron chi connectivity index (χ4n) is 2.75. The van der Waals surface area contributed by atoms with E-state index in [1.807, 2.05) is 78.9 Å². The van der Waals surface area contributed by atoms with Gasteiger partial charge in [-0.05, 0) is 29.3 Å². The monoisotopic (exact) mass is 503 g/mol. The summed E-state index contributed by atoms with van der Waals surface area (Å²) in [5, 5.41) is 3.14. The van der Waals surface area contributed by atoms with E-state index in [0.29, 0.717) is 25.7 Å². The van der Waals surface area contributed by atoms with Crippen molar-refractivity contribution in [2.45, 2.75) is 19.8 Å². The molecule has 3 N–H and O–H groups in total. The SMILES string of the molecule is COCc1ccccc1NC(N)=NCc1cccc(OCc2ccccc2)c1.I. The minimum atomic E-state index is 0. The van der Waals surface area contributed by atoms with Gasteiger partial charge in [-0.25, -0.2) is 4.99 Å². The Morgan fingerprint density at radius 1 is 0.897 bits per heavy atom. The first-order valence-corrected chi connectivity index (χ1v) is 9.14. The maximum absolute atomic E-state index is 6.06. The summed E-state index contributed by atoms with van der Waals surface area (Å²) in [6, 6.07) is 25.8. The van der Waals surface area contributed by atoms with E-state index in [1.54, 1.807) is 7.11 Å². The van der Waals surface area contributed by atoms with E-state index in [0.717, 1.165) is 28.1 Å². The van der Waals surface area contributed by atoms with E-state index in [4.69, 9.17) is 15.2 Å². The van der Waals surface area contributed by atoms with Gasteiger partial charge in [0.05, 0.1) is 13.2 Å². The Bertz CT molecular complexity index is 917. The van der Waals surface area contributed by atoms with Crippen LogP contribution < -0.4 is 15.8 Å². The molecule has 0 bridgehead atoms. The summed E-state index contributed by atoms with van der Waals surface area (Å²) in [5.74, 6) is 1.17. The number of methoxy groups -OCH3 is 1. The molecule has 5 nitrogen and oxygen atoms in total. The van der Waals surface area contributed by atoms with E-state index < -0.39 is 0 Å². The van der Waals surface area contributed by atoms with Crippen molar-refractivity contribution in [3.05, 3.63) is 95.6 Å². The molecular formula is C23H26IN3O2. The van der Waals surface area contributed by atoms with Crippen LogP contribution in [0.25, 0.3) is 0 Å². The largest absolute Gasteiger partial charge is 0.489 e. The van der Waals surface area contributed by atoms with Gasteiger partial charge in [0.15, 0.2) is 5.96 Å². The predicted molar refractivity (Wildman–Crippen MR) is 129 cm³/mol. The molecule has 0 radical (unpaired) electrons. The number of nitrogens with zero attached hydrogens (tertiary/aromatic N) is 1. The van der Waals surface area contributed by atoms with Gasteiger partial charge in [-0.1, -0.05) is 60.7 Å². The Kier molecular flexibility index (Phi) is 9.46. The number of halogens is 1. The number of hydrogen-bond acceptors (Lipinski definition) is 3. The maximum Gasteiger partial charge on any atom is 0.193 e. The van der Waals surface area contributed by atoms with E-state index >= 15 is 0 Å². The summed E-state index contributed by atoms with van der Waals surface area (Å²) in [4.78, 5) is 4.44. The number of para-hydroxylation sites is 1. The third kappa shape index (κ3) is 7.40. The highest BCUT2D eigenvalue weighted by Crippen LogP contribution is 2.17. The second kappa shape index (κ2) is 12.1. The molecule has 0 aromatic heterocycles. The predicted octanol–water partition coefficient (Wildman–Crippen LogP) is 4.96. The first-order valence-electron chi connectivity index (χ1n) is 9.14. The van der Waals surface area contributed by atoms with Gasteiger partial charge in [0.25, 0.3) is 0 Å². The highest BCUT2D eigenvalue weighted by Gasteiger charge is 2.03. The molecule has 29 heavy (non-hydrogen) atoms. The molecule has 0 unspecified atom stereocenters. The number of benzene rings is 3. The van der Waals surface area contributed by atoms with Gasteiger partial charge in [-0.2, -0.15) is 0 Å². The van der Waals surface area contributed by atoms with Crippen LogP contribution in [0.15, 0.2) is 83.9 Å². The highest BCUT2D eigenvalue weighted by molar-refractivity contribution is 14.0. The van der Waals surface area contributed by atoms with Crippen LogP contribution in [-0.4, -0.2) is 13.1 Å². The quantitative estimate of drug-likeness (QED) is 0.259. The Morgan fingerprint density at radius 2 is 1.62 bits per heavy atom. The number of aliphatic imine (C=N–C) groups is 1. The van der Waals surface area contributed by atoms with Crippen molar-refractivity contribution < 1.29 is 9.47 Å². The molecule has 3 aromatic rings. The van der Waals surface area contributed by atoms with Crippen molar-refractivity contribution in [3.8, 4) is 5.75 Å². The molecule has 0 spiro atoms. The lowest BCUT2D eigenvalue weighted by Crippen LogP contribution is -2.23. The second-order valence-corrected chi connectivity index (χ2v) is 6.34. The molecule has 0 aliphatic carbocycles. The van der Waals surface area contributed by atoms with Crippen LogP contribution in [0.2, 0.25) is 0 Å². The van der Waals surface area contributed by atoms with Gasteiger partial charge in [0.2, 0.25) is 0 Å². The minimum absolute atomic E-state index is 0. The molecule has 6 heteroatoms.